The van der Waals surface area contributed by atoms with E-state index in [0.29, 0.717) is 11.9 Å². The summed E-state index contributed by atoms with van der Waals surface area (Å²) in [6.07, 6.45) is 2.11. The third kappa shape index (κ3) is 8.50. The van der Waals surface area contributed by atoms with Crippen LogP contribution in [0.2, 0.25) is 0 Å². The number of guanidine groups is 1. The maximum absolute atomic E-state index is 11.9. The smallest absolute Gasteiger partial charge is 0.243 e. The van der Waals surface area contributed by atoms with Gasteiger partial charge in [0.15, 0.2) is 5.96 Å². The van der Waals surface area contributed by atoms with E-state index in [9.17, 15) is 4.79 Å². The normalized spacial score (nSPS) is 16.9. The largest absolute Gasteiger partial charge is 0.381 e. The summed E-state index contributed by atoms with van der Waals surface area (Å²) in [5.74, 6) is 1.16. The van der Waals surface area contributed by atoms with Crippen LogP contribution in [0, 0.1) is 5.92 Å². The number of carbonyl (C=O) groups is 1. The third-order valence-electron chi connectivity index (χ3n) is 5.29. The molecule has 1 amide bonds. The van der Waals surface area contributed by atoms with Crippen LogP contribution < -0.4 is 10.6 Å². The number of aryl methyl sites for hydroxylation is 1. The van der Waals surface area contributed by atoms with Gasteiger partial charge in [-0.3, -0.25) is 4.79 Å². The number of rotatable bonds is 8. The average molecular weight is 516 g/mol. The molecule has 0 bridgehead atoms. The molecule has 0 saturated carbocycles. The second-order valence-corrected chi connectivity index (χ2v) is 8.35. The van der Waals surface area contributed by atoms with Crippen molar-refractivity contribution in [3.63, 3.8) is 0 Å². The number of halogens is 1. The number of nitrogens with zero attached hydrogens (tertiary/aromatic N) is 2. The average Bonchev–Trinajstić information content (AvgIpc) is 3.20. The Bertz CT molecular complexity index is 653. The second kappa shape index (κ2) is 12.4. The van der Waals surface area contributed by atoms with Crippen LogP contribution in [0.3, 0.4) is 0 Å². The molecule has 164 valence electrons. The van der Waals surface area contributed by atoms with Crippen molar-refractivity contribution in [2.24, 2.45) is 10.9 Å². The lowest BCUT2D eigenvalue weighted by Crippen LogP contribution is -2.45. The number of carbonyl (C=O) groups excluding carboxylic acids is 1. The second-order valence-electron chi connectivity index (χ2n) is 8.35. The molecule has 1 saturated heterocycles. The summed E-state index contributed by atoms with van der Waals surface area (Å²) in [6.45, 7) is 9.87. The lowest BCUT2D eigenvalue weighted by molar-refractivity contribution is -0.127. The first-order valence-electron chi connectivity index (χ1n) is 10.2. The Morgan fingerprint density at radius 1 is 1.24 bits per heavy atom. The van der Waals surface area contributed by atoms with Crippen LogP contribution in [0.15, 0.2) is 29.3 Å². The molecule has 0 aromatic heterocycles. The van der Waals surface area contributed by atoms with Gasteiger partial charge in [-0.05, 0) is 24.0 Å². The van der Waals surface area contributed by atoms with Gasteiger partial charge >= 0.3 is 0 Å². The van der Waals surface area contributed by atoms with Gasteiger partial charge < -0.3 is 20.3 Å². The molecule has 1 aliphatic rings. The molecular formula is C22H37IN4O2. The summed E-state index contributed by atoms with van der Waals surface area (Å²) < 4.78 is 5.45. The quantitative estimate of drug-likeness (QED) is 0.317. The zero-order chi connectivity index (χ0) is 20.6. The van der Waals surface area contributed by atoms with Gasteiger partial charge in [0.1, 0.15) is 6.54 Å². The first-order chi connectivity index (χ1) is 13.3. The fourth-order valence-corrected chi connectivity index (χ4v) is 3.05. The maximum Gasteiger partial charge on any atom is 0.243 e. The SMILES string of the molecule is CCc1ccc(C(C)(C)CNC(=NCC(=O)N(C)C)NCC2CCOC2)cc1.I. The highest BCUT2D eigenvalue weighted by Gasteiger charge is 2.22. The molecule has 1 aromatic carbocycles. The summed E-state index contributed by atoms with van der Waals surface area (Å²) in [6, 6.07) is 8.80. The first kappa shape index (κ1) is 25.7. The fourth-order valence-electron chi connectivity index (χ4n) is 3.05. The summed E-state index contributed by atoms with van der Waals surface area (Å²) in [5.41, 5.74) is 2.57. The minimum atomic E-state index is -0.0588. The molecule has 1 heterocycles. The highest BCUT2D eigenvalue weighted by atomic mass is 127. The van der Waals surface area contributed by atoms with E-state index in [2.05, 4.69) is 60.7 Å². The topological polar surface area (TPSA) is 66.0 Å². The van der Waals surface area contributed by atoms with Gasteiger partial charge in [0, 0.05) is 45.1 Å². The number of aliphatic imine (C=N–C) groups is 1. The number of hydrogen-bond acceptors (Lipinski definition) is 3. The molecule has 0 radical (unpaired) electrons. The van der Waals surface area contributed by atoms with Crippen LogP contribution in [0.25, 0.3) is 0 Å². The van der Waals surface area contributed by atoms with Crippen molar-refractivity contribution in [1.82, 2.24) is 15.5 Å². The summed E-state index contributed by atoms with van der Waals surface area (Å²) in [7, 11) is 3.49. The van der Waals surface area contributed by atoms with Crippen molar-refractivity contribution in [2.45, 2.75) is 39.0 Å². The van der Waals surface area contributed by atoms with E-state index >= 15 is 0 Å². The van der Waals surface area contributed by atoms with Gasteiger partial charge in [-0.15, -0.1) is 24.0 Å². The van der Waals surface area contributed by atoms with E-state index in [1.165, 1.54) is 11.1 Å². The van der Waals surface area contributed by atoms with Crippen LogP contribution in [-0.2, 0) is 21.4 Å². The molecule has 29 heavy (non-hydrogen) atoms. The predicted octanol–water partition coefficient (Wildman–Crippen LogP) is 2.80. The molecule has 1 aromatic rings. The van der Waals surface area contributed by atoms with Crippen molar-refractivity contribution in [1.29, 1.82) is 0 Å². The zero-order valence-electron chi connectivity index (χ0n) is 18.5. The van der Waals surface area contributed by atoms with Gasteiger partial charge in [-0.2, -0.15) is 0 Å². The van der Waals surface area contributed by atoms with Gasteiger partial charge in [-0.25, -0.2) is 4.99 Å². The standard InChI is InChI=1S/C22H36N4O2.HI/c1-6-17-7-9-19(10-8-17)22(2,3)16-25-21(24-14-20(27)26(4)5)23-13-18-11-12-28-15-18;/h7-10,18H,6,11-16H2,1-5H3,(H2,23,24,25);1H. The monoisotopic (exact) mass is 516 g/mol. The molecule has 1 atom stereocenters. The van der Waals surface area contributed by atoms with Crippen LogP contribution in [-0.4, -0.2) is 63.7 Å². The lowest BCUT2D eigenvalue weighted by atomic mass is 9.84. The van der Waals surface area contributed by atoms with E-state index in [-0.39, 0.29) is 41.8 Å². The lowest BCUT2D eigenvalue weighted by Gasteiger charge is -2.27. The molecule has 2 rings (SSSR count). The number of amides is 1. The van der Waals surface area contributed by atoms with Crippen LogP contribution >= 0.6 is 24.0 Å². The Hall–Kier alpha value is -1.35. The molecule has 0 spiro atoms. The predicted molar refractivity (Wildman–Crippen MR) is 130 cm³/mol. The molecular weight excluding hydrogens is 479 g/mol. The Kier molecular flexibility index (Phi) is 11.0. The van der Waals surface area contributed by atoms with Gasteiger partial charge in [0.2, 0.25) is 5.91 Å². The minimum Gasteiger partial charge on any atom is -0.381 e. The molecule has 0 aliphatic carbocycles. The van der Waals surface area contributed by atoms with Crippen molar-refractivity contribution >= 4 is 35.8 Å². The number of benzene rings is 1. The van der Waals surface area contributed by atoms with Gasteiger partial charge in [-0.1, -0.05) is 45.0 Å². The molecule has 2 N–H and O–H groups in total. The molecule has 6 nitrogen and oxygen atoms in total. The highest BCUT2D eigenvalue weighted by molar-refractivity contribution is 14.0. The highest BCUT2D eigenvalue weighted by Crippen LogP contribution is 2.22. The van der Waals surface area contributed by atoms with E-state index in [1.54, 1.807) is 19.0 Å². The fraction of sp³-hybridized carbons (Fsp3) is 0.636. The minimum absolute atomic E-state index is 0. The summed E-state index contributed by atoms with van der Waals surface area (Å²) in [4.78, 5) is 18.0. The van der Waals surface area contributed by atoms with Crippen LogP contribution in [0.1, 0.15) is 38.3 Å². The molecule has 1 aliphatic heterocycles. The van der Waals surface area contributed by atoms with E-state index in [4.69, 9.17) is 4.74 Å². The van der Waals surface area contributed by atoms with Crippen molar-refractivity contribution < 1.29 is 9.53 Å². The number of nitrogens with one attached hydrogen (secondary N) is 2. The maximum atomic E-state index is 11.9. The number of hydrogen-bond donors (Lipinski definition) is 2. The zero-order valence-corrected chi connectivity index (χ0v) is 20.8. The van der Waals surface area contributed by atoms with E-state index in [0.717, 1.165) is 39.1 Å². The van der Waals surface area contributed by atoms with Crippen LogP contribution in [0.5, 0.6) is 0 Å². The number of ether oxygens (including phenoxy) is 1. The summed E-state index contributed by atoms with van der Waals surface area (Å²) >= 11 is 0. The Morgan fingerprint density at radius 3 is 2.48 bits per heavy atom. The Labute approximate surface area is 192 Å². The summed E-state index contributed by atoms with van der Waals surface area (Å²) in [5, 5.41) is 6.82. The van der Waals surface area contributed by atoms with Crippen molar-refractivity contribution in [3.05, 3.63) is 35.4 Å². The Balaban J connectivity index is 0.00000420. The van der Waals surface area contributed by atoms with E-state index < -0.39 is 0 Å². The first-order valence-corrected chi connectivity index (χ1v) is 10.2. The molecule has 1 fully saturated rings. The van der Waals surface area contributed by atoms with Crippen molar-refractivity contribution in [3.8, 4) is 0 Å². The van der Waals surface area contributed by atoms with E-state index in [1.807, 2.05) is 0 Å². The van der Waals surface area contributed by atoms with Crippen LogP contribution in [0.4, 0.5) is 0 Å². The van der Waals surface area contributed by atoms with Crippen molar-refractivity contribution in [2.75, 3.05) is 46.9 Å². The third-order valence-corrected chi connectivity index (χ3v) is 5.29. The van der Waals surface area contributed by atoms with Gasteiger partial charge in [0.25, 0.3) is 0 Å². The number of likely N-dealkylation sites (N-methyl/N-ethyl adjacent to an activating group) is 1. The molecule has 7 heteroatoms. The molecule has 1 unspecified atom stereocenters. The Morgan fingerprint density at radius 2 is 1.93 bits per heavy atom. The van der Waals surface area contributed by atoms with Gasteiger partial charge in [0.05, 0.1) is 6.61 Å².